The summed E-state index contributed by atoms with van der Waals surface area (Å²) in [6.45, 7) is 14.8. The van der Waals surface area contributed by atoms with Crippen molar-refractivity contribution >= 4 is 30.7 Å². The maximum atomic E-state index is 13.0. The van der Waals surface area contributed by atoms with Crippen LogP contribution in [0.2, 0.25) is 0 Å². The molecule has 1 amide bonds. The van der Waals surface area contributed by atoms with Gasteiger partial charge in [0.2, 0.25) is 0 Å². The summed E-state index contributed by atoms with van der Waals surface area (Å²) in [5.41, 5.74) is 5.64. The maximum Gasteiger partial charge on any atom is 0.253 e. The number of piperazine rings is 1. The molecule has 216 valence electrons. The number of benzene rings is 3. The lowest BCUT2D eigenvalue weighted by Crippen LogP contribution is -2.47. The fourth-order valence-corrected chi connectivity index (χ4v) is 5.96. The van der Waals surface area contributed by atoms with Gasteiger partial charge >= 0.3 is 0 Å². The Morgan fingerprint density at radius 3 is 2.15 bits per heavy atom. The largest absolute Gasteiger partial charge is 0.487 e. The van der Waals surface area contributed by atoms with Crippen LogP contribution in [0.3, 0.4) is 0 Å². The van der Waals surface area contributed by atoms with Crippen molar-refractivity contribution in [2.75, 3.05) is 39.3 Å². The Hall–Kier alpha value is -2.57. The van der Waals surface area contributed by atoms with Gasteiger partial charge in [0.05, 0.1) is 6.04 Å². The Labute approximate surface area is 252 Å². The molecule has 3 aromatic rings. The molecule has 3 aromatic carbocycles. The van der Waals surface area contributed by atoms with Crippen LogP contribution in [0.15, 0.2) is 72.8 Å². The molecular formula is C33H43Cl2N3O2. The van der Waals surface area contributed by atoms with Gasteiger partial charge in [-0.3, -0.25) is 14.6 Å². The number of amides is 1. The Kier molecular flexibility index (Phi) is 11.1. The predicted octanol–water partition coefficient (Wildman–Crippen LogP) is 6.63. The van der Waals surface area contributed by atoms with Crippen molar-refractivity contribution in [3.8, 4) is 5.75 Å². The average Bonchev–Trinajstić information content (AvgIpc) is 3.26. The lowest BCUT2D eigenvalue weighted by molar-refractivity contribution is 0.0772. The van der Waals surface area contributed by atoms with Crippen LogP contribution in [0.1, 0.15) is 66.3 Å². The number of fused-ring (bicyclic) bond motifs is 1. The van der Waals surface area contributed by atoms with Gasteiger partial charge in [-0.1, -0.05) is 60.7 Å². The van der Waals surface area contributed by atoms with Gasteiger partial charge in [-0.15, -0.1) is 24.8 Å². The third-order valence-corrected chi connectivity index (χ3v) is 7.96. The predicted molar refractivity (Wildman–Crippen MR) is 168 cm³/mol. The molecule has 7 heteroatoms. The van der Waals surface area contributed by atoms with Gasteiger partial charge in [0.1, 0.15) is 11.4 Å². The van der Waals surface area contributed by atoms with Gasteiger partial charge in [0.25, 0.3) is 5.91 Å². The molecular weight excluding hydrogens is 541 g/mol. The highest BCUT2D eigenvalue weighted by Crippen LogP contribution is 2.43. The Bertz CT molecular complexity index is 1240. The molecule has 0 radical (unpaired) electrons. The molecule has 0 saturated carbocycles. The molecule has 5 nitrogen and oxygen atoms in total. The monoisotopic (exact) mass is 583 g/mol. The minimum absolute atomic E-state index is 0. The van der Waals surface area contributed by atoms with Gasteiger partial charge < -0.3 is 9.64 Å². The van der Waals surface area contributed by atoms with Gasteiger partial charge in [0.15, 0.2) is 0 Å². The van der Waals surface area contributed by atoms with E-state index in [0.717, 1.165) is 63.5 Å². The van der Waals surface area contributed by atoms with Gasteiger partial charge in [0, 0.05) is 63.4 Å². The highest BCUT2D eigenvalue weighted by molar-refractivity contribution is 5.94. The highest BCUT2D eigenvalue weighted by atomic mass is 35.5. The van der Waals surface area contributed by atoms with Crippen LogP contribution in [0, 0.1) is 0 Å². The van der Waals surface area contributed by atoms with E-state index in [1.54, 1.807) is 0 Å². The lowest BCUT2D eigenvalue weighted by Gasteiger charge is -2.40. The first-order chi connectivity index (χ1) is 18.4. The number of nitrogens with zero attached hydrogens (tertiary/aromatic N) is 3. The van der Waals surface area contributed by atoms with E-state index in [-0.39, 0.29) is 42.4 Å². The van der Waals surface area contributed by atoms with Crippen molar-refractivity contribution in [2.24, 2.45) is 0 Å². The van der Waals surface area contributed by atoms with Crippen molar-refractivity contribution < 1.29 is 9.53 Å². The molecule has 2 heterocycles. The molecule has 1 atom stereocenters. The minimum atomic E-state index is -0.197. The number of para-hydroxylation sites is 1. The molecule has 1 saturated heterocycles. The zero-order chi connectivity index (χ0) is 26.7. The van der Waals surface area contributed by atoms with Crippen molar-refractivity contribution in [1.29, 1.82) is 0 Å². The maximum absolute atomic E-state index is 13.0. The fraction of sp³-hybridized carbons (Fsp3) is 0.424. The molecule has 0 aromatic heterocycles. The standard InChI is InChI=1S/C33H41N3O2.2ClH/c1-5-35(6-2)32(37)27-17-15-26(16-18-27)30(29-14-10-13-28-23-33(3,4)38-31(28)29)36-21-19-34(20-22-36)24-25-11-8-7-9-12-25;;/h7-18,30H,5-6,19-24H2,1-4H3;2*1H. The number of ether oxygens (including phenoxy) is 1. The normalized spacial score (nSPS) is 17.1. The Morgan fingerprint density at radius 2 is 1.52 bits per heavy atom. The fourth-order valence-electron chi connectivity index (χ4n) is 5.96. The first-order valence-corrected chi connectivity index (χ1v) is 14.1. The Balaban J connectivity index is 0.00000220. The van der Waals surface area contributed by atoms with Crippen LogP contribution in [0.5, 0.6) is 5.75 Å². The highest BCUT2D eigenvalue weighted by Gasteiger charge is 2.36. The van der Waals surface area contributed by atoms with Gasteiger partial charge in [-0.25, -0.2) is 0 Å². The summed E-state index contributed by atoms with van der Waals surface area (Å²) < 4.78 is 6.54. The molecule has 1 unspecified atom stereocenters. The molecule has 40 heavy (non-hydrogen) atoms. The lowest BCUT2D eigenvalue weighted by atomic mass is 9.92. The second-order valence-electron chi connectivity index (χ2n) is 11.2. The average molecular weight is 585 g/mol. The third-order valence-electron chi connectivity index (χ3n) is 7.96. The summed E-state index contributed by atoms with van der Waals surface area (Å²) in [4.78, 5) is 20.0. The number of rotatable bonds is 8. The van der Waals surface area contributed by atoms with Crippen LogP contribution >= 0.6 is 24.8 Å². The Morgan fingerprint density at radius 1 is 0.875 bits per heavy atom. The molecule has 2 aliphatic rings. The summed E-state index contributed by atoms with van der Waals surface area (Å²) >= 11 is 0. The zero-order valence-electron chi connectivity index (χ0n) is 24.1. The van der Waals surface area contributed by atoms with E-state index in [0.29, 0.717) is 0 Å². The topological polar surface area (TPSA) is 36.0 Å². The number of hydrogen-bond acceptors (Lipinski definition) is 4. The van der Waals surface area contributed by atoms with Gasteiger partial charge in [-0.2, -0.15) is 0 Å². The molecule has 0 aliphatic carbocycles. The first-order valence-electron chi connectivity index (χ1n) is 14.1. The molecule has 5 rings (SSSR count). The van der Waals surface area contributed by atoms with E-state index in [9.17, 15) is 4.79 Å². The SMILES string of the molecule is CCN(CC)C(=O)c1ccc(C(c2cccc3c2OC(C)(C)C3)N2CCN(Cc3ccccc3)CC2)cc1.Cl.Cl. The van der Waals surface area contributed by atoms with E-state index in [1.165, 1.54) is 22.3 Å². The summed E-state index contributed by atoms with van der Waals surface area (Å²) in [5, 5.41) is 0. The molecule has 2 aliphatic heterocycles. The van der Waals surface area contributed by atoms with E-state index in [1.807, 2.05) is 30.9 Å². The van der Waals surface area contributed by atoms with E-state index in [4.69, 9.17) is 4.74 Å². The molecule has 0 bridgehead atoms. The minimum Gasteiger partial charge on any atom is -0.487 e. The van der Waals surface area contributed by atoms with Crippen LogP contribution < -0.4 is 4.74 Å². The van der Waals surface area contributed by atoms with Crippen molar-refractivity contribution in [3.63, 3.8) is 0 Å². The third kappa shape index (κ3) is 7.01. The first kappa shape index (κ1) is 32.0. The molecule has 1 fully saturated rings. The number of halogens is 2. The summed E-state index contributed by atoms with van der Waals surface area (Å²) in [6.07, 6.45) is 0.922. The van der Waals surface area contributed by atoms with Crippen molar-refractivity contribution in [3.05, 3.63) is 101 Å². The summed E-state index contributed by atoms with van der Waals surface area (Å²) in [7, 11) is 0. The van der Waals surface area contributed by atoms with Crippen molar-refractivity contribution in [2.45, 2.75) is 52.3 Å². The second-order valence-corrected chi connectivity index (χ2v) is 11.2. The summed E-state index contributed by atoms with van der Waals surface area (Å²) in [6, 6.07) is 25.7. The number of carbonyl (C=O) groups excluding carboxylic acids is 1. The zero-order valence-corrected chi connectivity index (χ0v) is 25.8. The van der Waals surface area contributed by atoms with Crippen molar-refractivity contribution in [1.82, 2.24) is 14.7 Å². The van der Waals surface area contributed by atoms with E-state index in [2.05, 4.69) is 84.3 Å². The van der Waals surface area contributed by atoms with Crippen LogP contribution in [-0.4, -0.2) is 65.5 Å². The van der Waals surface area contributed by atoms with Crippen LogP contribution in [0.25, 0.3) is 0 Å². The molecule has 0 spiro atoms. The summed E-state index contributed by atoms with van der Waals surface area (Å²) in [5.74, 6) is 1.14. The van der Waals surface area contributed by atoms with Gasteiger partial charge in [-0.05, 0) is 56.5 Å². The van der Waals surface area contributed by atoms with E-state index >= 15 is 0 Å². The number of hydrogen-bond donors (Lipinski definition) is 0. The molecule has 0 N–H and O–H groups in total. The quantitative estimate of drug-likeness (QED) is 0.298. The van der Waals surface area contributed by atoms with Crippen LogP contribution in [0.4, 0.5) is 0 Å². The van der Waals surface area contributed by atoms with E-state index < -0.39 is 0 Å². The number of carbonyl (C=O) groups is 1. The second kappa shape index (κ2) is 13.9. The smallest absolute Gasteiger partial charge is 0.253 e. The van der Waals surface area contributed by atoms with Crippen LogP contribution in [-0.2, 0) is 13.0 Å².